The van der Waals surface area contributed by atoms with Crippen molar-refractivity contribution in [2.45, 2.75) is 0 Å². The summed E-state index contributed by atoms with van der Waals surface area (Å²) < 4.78 is 14.0. The molecule has 0 radical (unpaired) electrons. The van der Waals surface area contributed by atoms with Gasteiger partial charge in [-0.1, -0.05) is 23.6 Å². The Hall–Kier alpha value is -2.85. The van der Waals surface area contributed by atoms with Crippen LogP contribution in [0.25, 0.3) is 0 Å². The molecule has 2 aromatic rings. The summed E-state index contributed by atoms with van der Waals surface area (Å²) in [6.07, 6.45) is 6.35. The molecule has 0 atom stereocenters. The first-order chi connectivity index (χ1) is 10.5. The van der Waals surface area contributed by atoms with E-state index >= 15 is 0 Å². The van der Waals surface area contributed by atoms with Crippen molar-refractivity contribution >= 4 is 35.0 Å². The number of aromatic nitrogens is 2. The van der Waals surface area contributed by atoms with Crippen LogP contribution >= 0.6 is 11.6 Å². The van der Waals surface area contributed by atoms with Crippen molar-refractivity contribution < 1.29 is 9.18 Å². The van der Waals surface area contributed by atoms with E-state index in [1.807, 2.05) is 0 Å². The summed E-state index contributed by atoms with van der Waals surface area (Å²) in [7, 11) is 0. The largest absolute Gasteiger partial charge is 0.368 e. The number of benzene rings is 1. The zero-order valence-electron chi connectivity index (χ0n) is 11.2. The summed E-state index contributed by atoms with van der Waals surface area (Å²) in [5.41, 5.74) is 5.44. The van der Waals surface area contributed by atoms with E-state index in [9.17, 15) is 9.18 Å². The number of terminal acetylenes is 1. The summed E-state index contributed by atoms with van der Waals surface area (Å²) in [6, 6.07) is 4.04. The number of nitrogens with two attached hydrogens (primary N) is 1. The van der Waals surface area contributed by atoms with Gasteiger partial charge in [-0.15, -0.1) is 6.42 Å². The van der Waals surface area contributed by atoms with Gasteiger partial charge in [0.1, 0.15) is 10.8 Å². The molecule has 1 amide bonds. The second kappa shape index (κ2) is 6.74. The van der Waals surface area contributed by atoms with Crippen molar-refractivity contribution in [3.63, 3.8) is 0 Å². The van der Waals surface area contributed by atoms with E-state index in [0.29, 0.717) is 0 Å². The molecular weight excluding hydrogens is 309 g/mol. The average molecular weight is 320 g/mol. The van der Waals surface area contributed by atoms with Gasteiger partial charge in [0.2, 0.25) is 5.95 Å². The van der Waals surface area contributed by atoms with Crippen LogP contribution in [-0.4, -0.2) is 22.4 Å². The molecule has 8 heteroatoms. The minimum absolute atomic E-state index is 0.0238. The molecule has 22 heavy (non-hydrogen) atoms. The Labute approximate surface area is 130 Å². The summed E-state index contributed by atoms with van der Waals surface area (Å²) in [4.78, 5) is 19.6. The summed E-state index contributed by atoms with van der Waals surface area (Å²) >= 11 is 5.92. The monoisotopic (exact) mass is 319 g/mol. The molecule has 1 heterocycles. The van der Waals surface area contributed by atoms with E-state index < -0.39 is 11.7 Å². The fraction of sp³-hybridized carbons (Fsp3) is 0.0714. The number of hydrogen-bond acceptors (Lipinski definition) is 5. The molecule has 0 spiro atoms. The lowest BCUT2D eigenvalue weighted by molar-refractivity contribution is 0.0959. The number of nitrogens with one attached hydrogen (secondary N) is 2. The van der Waals surface area contributed by atoms with Gasteiger partial charge in [0.15, 0.2) is 5.82 Å². The Kier molecular flexibility index (Phi) is 4.76. The van der Waals surface area contributed by atoms with Crippen LogP contribution in [0.5, 0.6) is 0 Å². The van der Waals surface area contributed by atoms with Gasteiger partial charge in [-0.2, -0.15) is 4.98 Å². The van der Waals surface area contributed by atoms with Crippen LogP contribution in [-0.2, 0) is 0 Å². The SMILES string of the molecule is C#CCNC(=O)c1cccc(F)c1Nc1nc(N)ncc1Cl. The zero-order valence-corrected chi connectivity index (χ0v) is 12.0. The molecule has 2 rings (SSSR count). The van der Waals surface area contributed by atoms with Gasteiger partial charge in [-0.25, -0.2) is 9.37 Å². The highest BCUT2D eigenvalue weighted by Crippen LogP contribution is 2.27. The normalized spacial score (nSPS) is 9.86. The van der Waals surface area contributed by atoms with E-state index in [-0.39, 0.29) is 34.6 Å². The second-order valence-corrected chi connectivity index (χ2v) is 4.51. The minimum atomic E-state index is -0.651. The van der Waals surface area contributed by atoms with Crippen LogP contribution in [0, 0.1) is 18.2 Å². The van der Waals surface area contributed by atoms with Crippen LogP contribution in [0.3, 0.4) is 0 Å². The van der Waals surface area contributed by atoms with Gasteiger partial charge in [-0.05, 0) is 12.1 Å². The lowest BCUT2D eigenvalue weighted by atomic mass is 10.1. The van der Waals surface area contributed by atoms with Crippen molar-refractivity contribution in [2.24, 2.45) is 0 Å². The number of anilines is 3. The van der Waals surface area contributed by atoms with Crippen molar-refractivity contribution in [2.75, 3.05) is 17.6 Å². The van der Waals surface area contributed by atoms with E-state index in [1.54, 1.807) is 0 Å². The number of rotatable bonds is 4. The smallest absolute Gasteiger partial charge is 0.254 e. The van der Waals surface area contributed by atoms with Gasteiger partial charge in [0, 0.05) is 0 Å². The highest BCUT2D eigenvalue weighted by atomic mass is 35.5. The maximum atomic E-state index is 14.0. The van der Waals surface area contributed by atoms with Crippen molar-refractivity contribution in [1.29, 1.82) is 0 Å². The van der Waals surface area contributed by atoms with E-state index in [1.165, 1.54) is 24.4 Å². The Morgan fingerprint density at radius 1 is 1.50 bits per heavy atom. The summed E-state index contributed by atoms with van der Waals surface area (Å²) in [5, 5.41) is 5.24. The number of nitrogen functional groups attached to an aromatic ring is 1. The highest BCUT2D eigenvalue weighted by Gasteiger charge is 2.16. The first kappa shape index (κ1) is 15.5. The van der Waals surface area contributed by atoms with E-state index in [4.69, 9.17) is 23.8 Å². The molecule has 0 aliphatic carbocycles. The first-order valence-electron chi connectivity index (χ1n) is 6.08. The molecular formula is C14H11ClFN5O. The number of hydrogen-bond donors (Lipinski definition) is 3. The van der Waals surface area contributed by atoms with Crippen molar-refractivity contribution in [1.82, 2.24) is 15.3 Å². The Morgan fingerprint density at radius 2 is 2.27 bits per heavy atom. The topological polar surface area (TPSA) is 92.9 Å². The molecule has 0 fully saturated rings. The Bertz CT molecular complexity index is 759. The third-order valence-electron chi connectivity index (χ3n) is 2.62. The van der Waals surface area contributed by atoms with Crippen LogP contribution in [0.15, 0.2) is 24.4 Å². The van der Waals surface area contributed by atoms with Gasteiger partial charge < -0.3 is 16.4 Å². The first-order valence-corrected chi connectivity index (χ1v) is 6.46. The molecule has 4 N–H and O–H groups in total. The lowest BCUT2D eigenvalue weighted by Crippen LogP contribution is -2.24. The number of carbonyl (C=O) groups excluding carboxylic acids is 1. The second-order valence-electron chi connectivity index (χ2n) is 4.10. The van der Waals surface area contributed by atoms with E-state index in [2.05, 4.69) is 26.5 Å². The molecule has 0 bridgehead atoms. The molecule has 0 saturated carbocycles. The Morgan fingerprint density at radius 3 is 3.00 bits per heavy atom. The van der Waals surface area contributed by atoms with Crippen molar-refractivity contribution in [3.8, 4) is 12.3 Å². The molecule has 0 aliphatic rings. The zero-order chi connectivity index (χ0) is 16.1. The predicted molar refractivity (Wildman–Crippen MR) is 82.3 cm³/mol. The molecule has 0 unspecified atom stereocenters. The summed E-state index contributed by atoms with van der Waals surface area (Å²) in [5.74, 6) is 1.13. The Balaban J connectivity index is 2.40. The van der Waals surface area contributed by atoms with Crippen LogP contribution in [0.4, 0.5) is 21.8 Å². The maximum absolute atomic E-state index is 14.0. The highest BCUT2D eigenvalue weighted by molar-refractivity contribution is 6.33. The quantitative estimate of drug-likeness (QED) is 0.749. The minimum Gasteiger partial charge on any atom is -0.368 e. The molecule has 0 saturated heterocycles. The number of para-hydroxylation sites is 1. The predicted octanol–water partition coefficient (Wildman–Crippen LogP) is 1.96. The third-order valence-corrected chi connectivity index (χ3v) is 2.89. The fourth-order valence-corrected chi connectivity index (χ4v) is 1.79. The molecule has 1 aromatic carbocycles. The average Bonchev–Trinajstić information content (AvgIpc) is 2.50. The van der Waals surface area contributed by atoms with Crippen molar-refractivity contribution in [3.05, 3.63) is 40.8 Å². The van der Waals surface area contributed by atoms with Gasteiger partial charge in [-0.3, -0.25) is 4.79 Å². The van der Waals surface area contributed by atoms with Gasteiger partial charge >= 0.3 is 0 Å². The number of nitrogens with zero attached hydrogens (tertiary/aromatic N) is 2. The summed E-state index contributed by atoms with van der Waals surface area (Å²) in [6.45, 7) is 0.0238. The third kappa shape index (κ3) is 3.42. The lowest BCUT2D eigenvalue weighted by Gasteiger charge is -2.13. The molecule has 1 aromatic heterocycles. The molecule has 6 nitrogen and oxygen atoms in total. The maximum Gasteiger partial charge on any atom is 0.254 e. The molecule has 0 aliphatic heterocycles. The fourth-order valence-electron chi connectivity index (χ4n) is 1.65. The van der Waals surface area contributed by atoms with Crippen LogP contribution < -0.4 is 16.4 Å². The van der Waals surface area contributed by atoms with E-state index in [0.717, 1.165) is 0 Å². The number of amides is 1. The van der Waals surface area contributed by atoms with Crippen LogP contribution in [0.1, 0.15) is 10.4 Å². The standard InChI is InChI=1S/C14H11ClFN5O/c1-2-6-18-13(22)8-4-3-5-10(16)11(8)20-12-9(15)7-19-14(17)21-12/h1,3-5,7H,6H2,(H,18,22)(H3,17,19,20,21). The molecule has 112 valence electrons. The van der Waals surface area contributed by atoms with Crippen LogP contribution in [0.2, 0.25) is 5.02 Å². The number of halogens is 2. The van der Waals surface area contributed by atoms with Gasteiger partial charge in [0.25, 0.3) is 5.91 Å². The number of carbonyl (C=O) groups is 1. The van der Waals surface area contributed by atoms with Gasteiger partial charge in [0.05, 0.1) is 24.0 Å².